The van der Waals surface area contributed by atoms with Crippen LogP contribution in [0, 0.1) is 0 Å². The molecule has 2 aromatic heterocycles. The quantitative estimate of drug-likeness (QED) is 0.190. The minimum atomic E-state index is 0.862. The zero-order chi connectivity index (χ0) is 32.3. The molecule has 0 saturated heterocycles. The molecule has 0 bridgehead atoms. The number of anilines is 3. The highest BCUT2D eigenvalue weighted by molar-refractivity contribution is 6.23. The molecule has 0 aliphatic carbocycles. The van der Waals surface area contributed by atoms with Gasteiger partial charge in [0.05, 0.1) is 5.69 Å². The highest BCUT2D eigenvalue weighted by Crippen LogP contribution is 2.46. The summed E-state index contributed by atoms with van der Waals surface area (Å²) in [7, 11) is 0. The van der Waals surface area contributed by atoms with E-state index >= 15 is 0 Å². The lowest BCUT2D eigenvalue weighted by Crippen LogP contribution is -2.10. The van der Waals surface area contributed by atoms with Crippen molar-refractivity contribution >= 4 is 71.7 Å². The first-order valence-corrected chi connectivity index (χ1v) is 16.6. The molecule has 0 spiro atoms. The van der Waals surface area contributed by atoms with Crippen LogP contribution in [0.4, 0.5) is 17.1 Å². The number of para-hydroxylation sites is 3. The Kier molecular flexibility index (Phi) is 6.18. The molecule has 3 heteroatoms. The first-order valence-electron chi connectivity index (χ1n) is 16.6. The van der Waals surface area contributed by atoms with Crippen LogP contribution >= 0.6 is 0 Å². The predicted molar refractivity (Wildman–Crippen MR) is 204 cm³/mol. The van der Waals surface area contributed by atoms with Crippen LogP contribution in [0.15, 0.2) is 185 Å². The van der Waals surface area contributed by atoms with Crippen molar-refractivity contribution in [2.24, 2.45) is 0 Å². The number of hydrogen-bond donors (Lipinski definition) is 0. The Morgan fingerprint density at radius 2 is 1.00 bits per heavy atom. The molecule has 0 unspecified atom stereocenters. The Hall–Kier alpha value is -6.58. The van der Waals surface area contributed by atoms with Crippen molar-refractivity contribution < 1.29 is 8.83 Å². The summed E-state index contributed by atoms with van der Waals surface area (Å²) in [6.07, 6.45) is 0. The van der Waals surface area contributed by atoms with E-state index in [2.05, 4.69) is 163 Å². The molecule has 0 atom stereocenters. The Balaban J connectivity index is 1.20. The molecule has 0 aliphatic heterocycles. The summed E-state index contributed by atoms with van der Waals surface area (Å²) in [4.78, 5) is 2.33. The van der Waals surface area contributed by atoms with Crippen molar-refractivity contribution in [1.29, 1.82) is 0 Å². The molecule has 10 aromatic rings. The minimum Gasteiger partial charge on any atom is -0.455 e. The van der Waals surface area contributed by atoms with E-state index in [0.29, 0.717) is 0 Å². The van der Waals surface area contributed by atoms with Crippen LogP contribution in [0.1, 0.15) is 0 Å². The molecule has 10 rings (SSSR count). The van der Waals surface area contributed by atoms with Crippen molar-refractivity contribution in [2.75, 3.05) is 4.90 Å². The van der Waals surface area contributed by atoms with Gasteiger partial charge in [-0.15, -0.1) is 0 Å². The minimum absolute atomic E-state index is 0.862. The fraction of sp³-hybridized carbons (Fsp3) is 0. The smallest absolute Gasteiger partial charge is 0.160 e. The SMILES string of the molecule is c1ccc(-c2cccc(N(c3ccc(-c4cccc5c4oc4ccccc45)cc3)c3cc4ccccc4c4c3oc3ccccc34)c2)cc1. The van der Waals surface area contributed by atoms with Crippen LogP contribution < -0.4 is 4.90 Å². The molecule has 0 saturated carbocycles. The van der Waals surface area contributed by atoms with E-state index in [9.17, 15) is 0 Å². The van der Waals surface area contributed by atoms with Gasteiger partial charge in [-0.2, -0.15) is 0 Å². The third-order valence-electron chi connectivity index (χ3n) is 9.64. The van der Waals surface area contributed by atoms with Gasteiger partial charge < -0.3 is 13.7 Å². The highest BCUT2D eigenvalue weighted by Gasteiger charge is 2.22. The maximum atomic E-state index is 6.75. The zero-order valence-electron chi connectivity index (χ0n) is 26.5. The van der Waals surface area contributed by atoms with Crippen LogP contribution in [0.5, 0.6) is 0 Å². The van der Waals surface area contributed by atoms with E-state index in [1.54, 1.807) is 0 Å². The molecule has 0 fully saturated rings. The van der Waals surface area contributed by atoms with Crippen LogP contribution in [0.3, 0.4) is 0 Å². The summed E-state index contributed by atoms with van der Waals surface area (Å²) in [5.74, 6) is 0. The summed E-state index contributed by atoms with van der Waals surface area (Å²) < 4.78 is 13.2. The van der Waals surface area contributed by atoms with E-state index in [1.807, 2.05) is 18.2 Å². The van der Waals surface area contributed by atoms with Crippen LogP contribution in [-0.4, -0.2) is 0 Å². The summed E-state index contributed by atoms with van der Waals surface area (Å²) >= 11 is 0. The third-order valence-corrected chi connectivity index (χ3v) is 9.64. The molecule has 3 nitrogen and oxygen atoms in total. The lowest BCUT2D eigenvalue weighted by atomic mass is 9.99. The van der Waals surface area contributed by atoms with E-state index in [-0.39, 0.29) is 0 Å². The van der Waals surface area contributed by atoms with Gasteiger partial charge in [0, 0.05) is 38.5 Å². The van der Waals surface area contributed by atoms with Crippen molar-refractivity contribution in [3.63, 3.8) is 0 Å². The summed E-state index contributed by atoms with van der Waals surface area (Å²) in [5, 5.41) is 6.84. The van der Waals surface area contributed by atoms with Crippen LogP contribution in [0.2, 0.25) is 0 Å². The second-order valence-electron chi connectivity index (χ2n) is 12.5. The zero-order valence-corrected chi connectivity index (χ0v) is 26.5. The Labute approximate surface area is 282 Å². The lowest BCUT2D eigenvalue weighted by Gasteiger charge is -2.27. The van der Waals surface area contributed by atoms with Crippen LogP contribution in [0.25, 0.3) is 76.9 Å². The van der Waals surface area contributed by atoms with E-state index in [1.165, 1.54) is 10.9 Å². The molecule has 230 valence electrons. The topological polar surface area (TPSA) is 29.5 Å². The largest absolute Gasteiger partial charge is 0.455 e. The van der Waals surface area contributed by atoms with Gasteiger partial charge in [-0.3, -0.25) is 0 Å². The Bertz CT molecular complexity index is 2830. The second kappa shape index (κ2) is 11.0. The summed E-state index contributed by atoms with van der Waals surface area (Å²) in [5.41, 5.74) is 11.1. The molecule has 0 aliphatic rings. The molecule has 2 heterocycles. The first-order chi connectivity index (χ1) is 24.3. The van der Waals surface area contributed by atoms with Crippen molar-refractivity contribution in [3.8, 4) is 22.3 Å². The molecular formula is C46H29NO2. The molecule has 0 amide bonds. The van der Waals surface area contributed by atoms with Gasteiger partial charge in [0.2, 0.25) is 0 Å². The van der Waals surface area contributed by atoms with Gasteiger partial charge in [0.15, 0.2) is 5.58 Å². The molecular weight excluding hydrogens is 599 g/mol. The molecule has 0 N–H and O–H groups in total. The first kappa shape index (κ1) is 27.5. The monoisotopic (exact) mass is 627 g/mol. The average Bonchev–Trinajstić information content (AvgIpc) is 3.75. The molecule has 8 aromatic carbocycles. The van der Waals surface area contributed by atoms with Crippen LogP contribution in [-0.2, 0) is 0 Å². The molecule has 0 radical (unpaired) electrons. The fourth-order valence-corrected chi connectivity index (χ4v) is 7.37. The highest BCUT2D eigenvalue weighted by atomic mass is 16.3. The number of hydrogen-bond acceptors (Lipinski definition) is 3. The number of nitrogens with zero attached hydrogens (tertiary/aromatic N) is 1. The number of rotatable bonds is 5. The number of furan rings is 2. The Morgan fingerprint density at radius 1 is 0.367 bits per heavy atom. The predicted octanol–water partition coefficient (Wildman–Crippen LogP) is 13.4. The van der Waals surface area contributed by atoms with Gasteiger partial charge in [0.1, 0.15) is 16.7 Å². The van der Waals surface area contributed by atoms with E-state index in [4.69, 9.17) is 8.83 Å². The normalized spacial score (nSPS) is 11.7. The van der Waals surface area contributed by atoms with Gasteiger partial charge in [-0.25, -0.2) is 0 Å². The maximum Gasteiger partial charge on any atom is 0.160 e. The summed E-state index contributed by atoms with van der Waals surface area (Å²) in [6.45, 7) is 0. The van der Waals surface area contributed by atoms with Gasteiger partial charge in [-0.1, -0.05) is 133 Å². The number of benzene rings is 8. The van der Waals surface area contributed by atoms with Crippen molar-refractivity contribution in [3.05, 3.63) is 176 Å². The standard InChI is InChI=1S/C46H29NO2/c1-2-12-30(13-3-1)32-15-10-16-35(28-32)47(41-29-33-14-4-5-17-36(33)44-40-19-7-9-23-43(40)49-46(41)44)34-26-24-31(25-27-34)37-20-11-21-39-38-18-6-8-22-42(38)48-45(37)39/h1-29H. The van der Waals surface area contributed by atoms with Gasteiger partial charge in [0.25, 0.3) is 0 Å². The number of fused-ring (bicyclic) bond motifs is 8. The fourth-order valence-electron chi connectivity index (χ4n) is 7.37. The van der Waals surface area contributed by atoms with E-state index in [0.717, 1.165) is 83.0 Å². The van der Waals surface area contributed by atoms with Crippen molar-refractivity contribution in [1.82, 2.24) is 0 Å². The molecule has 49 heavy (non-hydrogen) atoms. The van der Waals surface area contributed by atoms with Crippen molar-refractivity contribution in [2.45, 2.75) is 0 Å². The Morgan fingerprint density at radius 3 is 1.84 bits per heavy atom. The van der Waals surface area contributed by atoms with Gasteiger partial charge >= 0.3 is 0 Å². The second-order valence-corrected chi connectivity index (χ2v) is 12.5. The summed E-state index contributed by atoms with van der Waals surface area (Å²) in [6, 6.07) is 61.9. The lowest BCUT2D eigenvalue weighted by molar-refractivity contribution is 0.669. The maximum absolute atomic E-state index is 6.75. The van der Waals surface area contributed by atoms with E-state index < -0.39 is 0 Å². The van der Waals surface area contributed by atoms with Gasteiger partial charge in [-0.05, 0) is 69.9 Å². The third kappa shape index (κ3) is 4.44. The average molecular weight is 628 g/mol.